The number of halogens is 1. The highest BCUT2D eigenvalue weighted by Crippen LogP contribution is 2.09. The van der Waals surface area contributed by atoms with E-state index in [1.165, 1.54) is 0 Å². The maximum absolute atomic E-state index is 11.9. The molecule has 2 N–H and O–H groups in total. The average molecular weight is 321 g/mol. The van der Waals surface area contributed by atoms with Crippen molar-refractivity contribution in [3.05, 3.63) is 52.3 Å². The van der Waals surface area contributed by atoms with Crippen LogP contribution in [0.2, 0.25) is 5.02 Å². The van der Waals surface area contributed by atoms with Crippen molar-refractivity contribution in [2.45, 2.75) is 39.9 Å². The molecule has 22 heavy (non-hydrogen) atoms. The maximum atomic E-state index is 11.9. The topological polar surface area (TPSA) is 59.0 Å². The van der Waals surface area contributed by atoms with Crippen LogP contribution in [-0.4, -0.2) is 21.9 Å². The number of benzene rings is 1. The monoisotopic (exact) mass is 320 g/mol. The Balaban J connectivity index is 1.78. The molecule has 0 bridgehead atoms. The predicted molar refractivity (Wildman–Crippen MR) is 88.0 cm³/mol. The molecule has 1 heterocycles. The van der Waals surface area contributed by atoms with Crippen LogP contribution in [0.15, 0.2) is 30.3 Å². The summed E-state index contributed by atoms with van der Waals surface area (Å²) >= 11 is 5.83. The van der Waals surface area contributed by atoms with Gasteiger partial charge in [0.15, 0.2) is 0 Å². The number of rotatable bonds is 5. The fourth-order valence-corrected chi connectivity index (χ4v) is 2.35. The number of aryl methyl sites for hydroxylation is 2. The van der Waals surface area contributed by atoms with E-state index in [1.807, 2.05) is 55.8 Å². The Morgan fingerprint density at radius 2 is 2.00 bits per heavy atom. The van der Waals surface area contributed by atoms with Gasteiger partial charge in [-0.2, -0.15) is 5.10 Å². The van der Waals surface area contributed by atoms with E-state index in [1.54, 1.807) is 0 Å². The second kappa shape index (κ2) is 7.31. The lowest BCUT2D eigenvalue weighted by molar-refractivity contribution is 0.235. The van der Waals surface area contributed by atoms with Crippen molar-refractivity contribution >= 4 is 17.6 Å². The van der Waals surface area contributed by atoms with Crippen molar-refractivity contribution in [2.24, 2.45) is 0 Å². The minimum atomic E-state index is -0.191. The molecule has 0 radical (unpaired) electrons. The van der Waals surface area contributed by atoms with Crippen molar-refractivity contribution in [1.82, 2.24) is 20.4 Å². The van der Waals surface area contributed by atoms with Gasteiger partial charge in [-0.3, -0.25) is 4.68 Å². The first kappa shape index (κ1) is 16.4. The van der Waals surface area contributed by atoms with Gasteiger partial charge in [0.05, 0.1) is 12.2 Å². The molecule has 0 saturated carbocycles. The molecule has 0 fully saturated rings. The zero-order valence-electron chi connectivity index (χ0n) is 13.1. The average Bonchev–Trinajstić information content (AvgIpc) is 2.76. The highest BCUT2D eigenvalue weighted by Gasteiger charge is 2.10. The van der Waals surface area contributed by atoms with Crippen LogP contribution in [0.4, 0.5) is 4.79 Å². The molecule has 0 aliphatic carbocycles. The number of carbonyl (C=O) groups is 1. The van der Waals surface area contributed by atoms with Gasteiger partial charge in [0.1, 0.15) is 0 Å². The summed E-state index contributed by atoms with van der Waals surface area (Å²) in [6.45, 7) is 7.04. The number of urea groups is 1. The fraction of sp³-hybridized carbons (Fsp3) is 0.375. The fourth-order valence-electron chi connectivity index (χ4n) is 2.22. The molecule has 0 saturated heterocycles. The maximum Gasteiger partial charge on any atom is 0.315 e. The van der Waals surface area contributed by atoms with Gasteiger partial charge in [-0.05, 0) is 44.5 Å². The normalized spacial score (nSPS) is 12.0. The Morgan fingerprint density at radius 3 is 2.59 bits per heavy atom. The first-order valence-electron chi connectivity index (χ1n) is 7.24. The van der Waals surface area contributed by atoms with Crippen molar-refractivity contribution in [1.29, 1.82) is 0 Å². The van der Waals surface area contributed by atoms with E-state index >= 15 is 0 Å². The summed E-state index contributed by atoms with van der Waals surface area (Å²) in [4.78, 5) is 11.9. The molecular weight excluding hydrogens is 300 g/mol. The molecule has 0 aliphatic heterocycles. The summed E-state index contributed by atoms with van der Waals surface area (Å²) in [6, 6.07) is 9.22. The summed E-state index contributed by atoms with van der Waals surface area (Å²) in [5.74, 6) is 0. The van der Waals surface area contributed by atoms with Gasteiger partial charge < -0.3 is 10.6 Å². The summed E-state index contributed by atoms with van der Waals surface area (Å²) in [5.41, 5.74) is 3.08. The van der Waals surface area contributed by atoms with Crippen molar-refractivity contribution < 1.29 is 4.79 Å². The molecule has 6 heteroatoms. The first-order valence-corrected chi connectivity index (χ1v) is 7.61. The van der Waals surface area contributed by atoms with Crippen LogP contribution in [-0.2, 0) is 13.1 Å². The lowest BCUT2D eigenvalue weighted by Crippen LogP contribution is -2.42. The van der Waals surface area contributed by atoms with Crippen LogP contribution < -0.4 is 10.6 Å². The molecule has 2 rings (SSSR count). The van der Waals surface area contributed by atoms with Crippen LogP contribution >= 0.6 is 11.6 Å². The Hall–Kier alpha value is -2.01. The molecule has 1 unspecified atom stereocenters. The second-order valence-corrected chi connectivity index (χ2v) is 5.90. The van der Waals surface area contributed by atoms with Gasteiger partial charge in [-0.25, -0.2) is 4.79 Å². The number of carbonyl (C=O) groups excluding carboxylic acids is 1. The number of nitrogens with one attached hydrogen (secondary N) is 2. The molecule has 2 aromatic rings. The molecule has 1 aromatic carbocycles. The smallest absolute Gasteiger partial charge is 0.315 e. The summed E-state index contributed by atoms with van der Waals surface area (Å²) < 4.78 is 1.90. The summed E-state index contributed by atoms with van der Waals surface area (Å²) in [7, 11) is 0. The second-order valence-electron chi connectivity index (χ2n) is 5.46. The third-order valence-electron chi connectivity index (χ3n) is 3.29. The van der Waals surface area contributed by atoms with E-state index in [-0.39, 0.29) is 12.1 Å². The third-order valence-corrected chi connectivity index (χ3v) is 3.55. The van der Waals surface area contributed by atoms with E-state index in [0.717, 1.165) is 17.0 Å². The van der Waals surface area contributed by atoms with Gasteiger partial charge in [0.2, 0.25) is 0 Å². The molecule has 0 aliphatic rings. The number of amides is 2. The van der Waals surface area contributed by atoms with Crippen molar-refractivity contribution in [3.63, 3.8) is 0 Å². The van der Waals surface area contributed by atoms with Crippen LogP contribution in [0.5, 0.6) is 0 Å². The van der Waals surface area contributed by atoms with Crippen LogP contribution in [0.1, 0.15) is 23.9 Å². The van der Waals surface area contributed by atoms with E-state index in [4.69, 9.17) is 11.6 Å². The van der Waals surface area contributed by atoms with E-state index in [9.17, 15) is 4.79 Å². The third kappa shape index (κ3) is 4.77. The minimum Gasteiger partial charge on any atom is -0.334 e. The lowest BCUT2D eigenvalue weighted by atomic mass is 10.2. The van der Waals surface area contributed by atoms with Crippen molar-refractivity contribution in [2.75, 3.05) is 0 Å². The molecule has 118 valence electrons. The number of nitrogens with zero attached hydrogens (tertiary/aromatic N) is 2. The summed E-state index contributed by atoms with van der Waals surface area (Å²) in [5, 5.41) is 10.8. The Kier molecular flexibility index (Phi) is 5.44. The quantitative estimate of drug-likeness (QED) is 0.889. The molecule has 5 nitrogen and oxygen atoms in total. The van der Waals surface area contributed by atoms with Crippen molar-refractivity contribution in [3.8, 4) is 0 Å². The largest absolute Gasteiger partial charge is 0.334 e. The van der Waals surface area contributed by atoms with Crippen LogP contribution in [0.3, 0.4) is 0 Å². The first-order chi connectivity index (χ1) is 10.4. The van der Waals surface area contributed by atoms with Gasteiger partial charge in [0.25, 0.3) is 0 Å². The van der Waals surface area contributed by atoms with Crippen LogP contribution in [0.25, 0.3) is 0 Å². The van der Waals surface area contributed by atoms with E-state index < -0.39 is 0 Å². The van der Waals surface area contributed by atoms with Crippen LogP contribution in [0, 0.1) is 13.8 Å². The minimum absolute atomic E-state index is 0.0109. The molecule has 0 spiro atoms. The lowest BCUT2D eigenvalue weighted by Gasteiger charge is -2.15. The van der Waals surface area contributed by atoms with Gasteiger partial charge in [-0.15, -0.1) is 0 Å². The molecule has 1 aromatic heterocycles. The number of hydrogen-bond acceptors (Lipinski definition) is 2. The Morgan fingerprint density at radius 1 is 1.32 bits per heavy atom. The molecular formula is C16H21ClN4O. The zero-order valence-corrected chi connectivity index (χ0v) is 13.8. The number of hydrogen-bond donors (Lipinski definition) is 2. The molecule has 1 atom stereocenters. The highest BCUT2D eigenvalue weighted by molar-refractivity contribution is 6.30. The number of aromatic nitrogens is 2. The summed E-state index contributed by atoms with van der Waals surface area (Å²) in [6.07, 6.45) is 0. The Bertz CT molecular complexity index is 636. The standard InChI is InChI=1S/C16H21ClN4O/c1-11-8-13(3)21(20-11)10-12(2)19-16(22)18-9-14-4-6-15(17)7-5-14/h4-8,12H,9-10H2,1-3H3,(H2,18,19,22). The SMILES string of the molecule is Cc1cc(C)n(CC(C)NC(=O)NCc2ccc(Cl)cc2)n1. The van der Waals surface area contributed by atoms with Gasteiger partial charge >= 0.3 is 6.03 Å². The zero-order chi connectivity index (χ0) is 16.1. The van der Waals surface area contributed by atoms with Gasteiger partial charge in [-0.1, -0.05) is 23.7 Å². The van der Waals surface area contributed by atoms with E-state index in [2.05, 4.69) is 15.7 Å². The van der Waals surface area contributed by atoms with Gasteiger partial charge in [0, 0.05) is 23.3 Å². The Labute approximate surface area is 135 Å². The molecule has 2 amide bonds. The highest BCUT2D eigenvalue weighted by atomic mass is 35.5. The van der Waals surface area contributed by atoms with E-state index in [0.29, 0.717) is 18.1 Å². The predicted octanol–water partition coefficient (Wildman–Crippen LogP) is 3.04.